The monoisotopic (exact) mass is 134 g/mol. The number of carboxylic acids is 2. The lowest BCUT2D eigenvalue weighted by Crippen LogP contribution is -2.10. The maximum atomic E-state index is 9.74. The second-order valence-electron chi connectivity index (χ2n) is 1.37. The number of aliphatic carboxylic acids is 2. The fourth-order valence-electron chi connectivity index (χ4n) is 0.256. The first-order valence-corrected chi connectivity index (χ1v) is 2.23. The van der Waals surface area contributed by atoms with E-state index in [0.29, 0.717) is 0 Å². The van der Waals surface area contributed by atoms with Crippen LogP contribution in [0.1, 0.15) is 12.8 Å². The zero-order chi connectivity index (χ0) is 7.28. The predicted molar refractivity (Wildman–Crippen MR) is 24.5 cm³/mol. The van der Waals surface area contributed by atoms with Crippen molar-refractivity contribution in [2.45, 2.75) is 12.8 Å². The van der Waals surface area contributed by atoms with E-state index in [1.54, 1.807) is 0 Å². The number of carboxylic acid groups (broad SMARTS) is 2. The Balaban J connectivity index is 3.39. The summed E-state index contributed by atoms with van der Waals surface area (Å²) in [6, 6.07) is 0. The van der Waals surface area contributed by atoms with Gasteiger partial charge < -0.3 is 15.5 Å². The Kier molecular flexibility index (Phi) is 3.19. The molecule has 52 valence electrons. The lowest BCUT2D eigenvalue weighted by atomic mass is 10.3. The van der Waals surface area contributed by atoms with Crippen LogP contribution in [0.15, 0.2) is 0 Å². The summed E-state index contributed by atoms with van der Waals surface area (Å²) in [5, 5.41) is 25.5. The first-order chi connectivity index (χ1) is 4.16. The highest BCUT2D eigenvalue weighted by Crippen LogP contribution is 1.86. The minimum atomic E-state index is -1.08. The third-order valence-electron chi connectivity index (χ3n) is 0.649. The Hall–Kier alpha value is -1.26. The summed E-state index contributed by atoms with van der Waals surface area (Å²) in [7, 11) is 0. The fraction of sp³-hybridized carbons (Fsp3) is 0.500. The summed E-state index contributed by atoms with van der Waals surface area (Å²) in [4.78, 5) is 9.74. The molecule has 2 N–H and O–H groups in total. The minimum absolute atomic E-state index is 0.251. The predicted octanol–water partition coefficient (Wildman–Crippen LogP) is -1.25. The molecule has 0 saturated carbocycles. The lowest BCUT2D eigenvalue weighted by Gasteiger charge is -1.85. The molecular weight excluding hydrogens is 128 g/mol. The van der Waals surface area contributed by atoms with Gasteiger partial charge in [0.05, 0.1) is 6.42 Å². The van der Waals surface area contributed by atoms with Crippen LogP contribution < -0.4 is 5.26 Å². The molecule has 0 bridgehead atoms. The summed E-state index contributed by atoms with van der Waals surface area (Å²) < 4.78 is 3.06. The van der Waals surface area contributed by atoms with Crippen molar-refractivity contribution < 1.29 is 24.8 Å². The zero-order valence-corrected chi connectivity index (χ0v) is 4.53. The highest BCUT2D eigenvalue weighted by molar-refractivity contribution is 5.75. The van der Waals surface area contributed by atoms with Crippen molar-refractivity contribution in [1.82, 2.24) is 0 Å². The summed E-state index contributed by atoms with van der Waals surface area (Å²) in [6.07, 6.45) is -0.549. The molecule has 0 rings (SSSR count). The quantitative estimate of drug-likeness (QED) is 0.286. The molecule has 5 heteroatoms. The summed E-state index contributed by atoms with van der Waals surface area (Å²) >= 11 is 0. The molecule has 0 aliphatic heterocycles. The SMILES string of the molecule is O=C(O)CCC(O)=[O+][O-]. The largest absolute Gasteiger partial charge is 0.588 e. The van der Waals surface area contributed by atoms with Gasteiger partial charge in [0, 0.05) is 0 Å². The van der Waals surface area contributed by atoms with E-state index in [1.165, 1.54) is 0 Å². The highest BCUT2D eigenvalue weighted by Gasteiger charge is 2.08. The topological polar surface area (TPSA) is 91.9 Å². The maximum absolute atomic E-state index is 9.74. The average molecular weight is 134 g/mol. The molecule has 0 aromatic heterocycles. The minimum Gasteiger partial charge on any atom is -0.588 e. The highest BCUT2D eigenvalue weighted by atomic mass is 17.1. The molecule has 0 heterocycles. The van der Waals surface area contributed by atoms with Crippen LogP contribution in [0.3, 0.4) is 0 Å². The molecule has 0 unspecified atom stereocenters. The second kappa shape index (κ2) is 3.71. The number of hydrogen-bond donors (Lipinski definition) is 2. The molecule has 0 fully saturated rings. The van der Waals surface area contributed by atoms with Crippen molar-refractivity contribution in [3.63, 3.8) is 0 Å². The Labute approximate surface area is 50.8 Å². The first-order valence-electron chi connectivity index (χ1n) is 2.23. The summed E-state index contributed by atoms with van der Waals surface area (Å²) in [5.74, 6) is -1.88. The first kappa shape index (κ1) is 7.74. The third kappa shape index (κ3) is 4.60. The average Bonchev–Trinajstić information content (AvgIpc) is 1.83. The van der Waals surface area contributed by atoms with Crippen LogP contribution in [0.25, 0.3) is 0 Å². The molecule has 0 saturated heterocycles. The Morgan fingerprint density at radius 3 is 2.33 bits per heavy atom. The Bertz CT molecular complexity index is 127. The maximum Gasteiger partial charge on any atom is 0.495 e. The molecule has 0 aromatic carbocycles. The summed E-state index contributed by atoms with van der Waals surface area (Å²) in [6.45, 7) is 0. The number of carbonyl (C=O) groups is 1. The van der Waals surface area contributed by atoms with Gasteiger partial charge in [0.15, 0.2) is 0 Å². The van der Waals surface area contributed by atoms with Gasteiger partial charge in [0.25, 0.3) is 0 Å². The van der Waals surface area contributed by atoms with Crippen molar-refractivity contribution in [1.29, 1.82) is 0 Å². The second-order valence-corrected chi connectivity index (χ2v) is 1.37. The van der Waals surface area contributed by atoms with Crippen LogP contribution in [-0.4, -0.2) is 22.2 Å². The normalized spacial score (nSPS) is 11.3. The molecular formula is C4H6O5. The van der Waals surface area contributed by atoms with Gasteiger partial charge in [-0.25, -0.2) is 0 Å². The van der Waals surface area contributed by atoms with Crippen LogP contribution in [0, 0.1) is 0 Å². The molecule has 5 nitrogen and oxygen atoms in total. The molecule has 0 spiro atoms. The van der Waals surface area contributed by atoms with Crippen LogP contribution in [0.2, 0.25) is 0 Å². The number of hydrogen-bond acceptors (Lipinski definition) is 2. The van der Waals surface area contributed by atoms with Gasteiger partial charge in [-0.05, 0) is 0 Å². The van der Waals surface area contributed by atoms with E-state index in [1.807, 2.05) is 0 Å². The van der Waals surface area contributed by atoms with Crippen molar-refractivity contribution in [3.05, 3.63) is 0 Å². The van der Waals surface area contributed by atoms with Gasteiger partial charge in [-0.3, -0.25) is 9.37 Å². The van der Waals surface area contributed by atoms with Crippen molar-refractivity contribution in [3.8, 4) is 0 Å². The standard InChI is InChI=1S/C4H6O5/c5-3(6)1-2-4(7)9-8/h7H,1-2H2,(H,5,6). The van der Waals surface area contributed by atoms with Crippen LogP contribution in [0.5, 0.6) is 0 Å². The van der Waals surface area contributed by atoms with Gasteiger partial charge in [0.1, 0.15) is 6.42 Å². The lowest BCUT2D eigenvalue weighted by molar-refractivity contribution is -1.05. The van der Waals surface area contributed by atoms with E-state index < -0.39 is 11.9 Å². The van der Waals surface area contributed by atoms with E-state index in [9.17, 15) is 10.1 Å². The molecule has 0 amide bonds. The van der Waals surface area contributed by atoms with Crippen molar-refractivity contribution in [2.75, 3.05) is 0 Å². The number of aliphatic hydroxyl groups excluding tert-OH is 1. The van der Waals surface area contributed by atoms with E-state index in [0.717, 1.165) is 0 Å². The third-order valence-corrected chi connectivity index (χ3v) is 0.649. The molecule has 0 radical (unpaired) electrons. The Morgan fingerprint density at radius 1 is 1.44 bits per heavy atom. The smallest absolute Gasteiger partial charge is 0.495 e. The van der Waals surface area contributed by atoms with Gasteiger partial charge in [-0.2, -0.15) is 0 Å². The molecule has 0 aromatic rings. The van der Waals surface area contributed by atoms with Crippen molar-refractivity contribution >= 4 is 11.9 Å². The van der Waals surface area contributed by atoms with Crippen molar-refractivity contribution in [2.24, 2.45) is 0 Å². The molecule has 0 aliphatic carbocycles. The van der Waals surface area contributed by atoms with E-state index in [2.05, 4.69) is 4.58 Å². The zero-order valence-electron chi connectivity index (χ0n) is 4.53. The fourth-order valence-corrected chi connectivity index (χ4v) is 0.256. The Morgan fingerprint density at radius 2 is 2.00 bits per heavy atom. The van der Waals surface area contributed by atoms with E-state index in [-0.39, 0.29) is 12.8 Å². The van der Waals surface area contributed by atoms with E-state index in [4.69, 9.17) is 10.2 Å². The molecule has 0 atom stereocenters. The van der Waals surface area contributed by atoms with Crippen LogP contribution in [0.4, 0.5) is 0 Å². The van der Waals surface area contributed by atoms with Gasteiger partial charge in [-0.1, -0.05) is 0 Å². The van der Waals surface area contributed by atoms with Crippen LogP contribution >= 0.6 is 0 Å². The number of rotatable bonds is 3. The van der Waals surface area contributed by atoms with Crippen LogP contribution in [-0.2, 0) is 9.37 Å². The van der Waals surface area contributed by atoms with Gasteiger partial charge in [-0.15, -0.1) is 0 Å². The van der Waals surface area contributed by atoms with E-state index >= 15 is 0 Å². The van der Waals surface area contributed by atoms with Gasteiger partial charge >= 0.3 is 11.9 Å². The molecule has 0 aliphatic rings. The van der Waals surface area contributed by atoms with Gasteiger partial charge in [0.2, 0.25) is 0 Å². The molecule has 9 heavy (non-hydrogen) atoms. The summed E-state index contributed by atoms with van der Waals surface area (Å²) in [5.41, 5.74) is 0.